The van der Waals surface area contributed by atoms with Gasteiger partial charge in [-0.15, -0.1) is 0 Å². The van der Waals surface area contributed by atoms with Crippen LogP contribution in [0.4, 0.5) is 0 Å². The van der Waals surface area contributed by atoms with Crippen molar-refractivity contribution in [3.63, 3.8) is 0 Å². The highest BCUT2D eigenvalue weighted by Crippen LogP contribution is 2.12. The molecule has 0 aromatic rings. The highest BCUT2D eigenvalue weighted by Gasteiger charge is 2.27. The number of ether oxygens (including phenoxy) is 4. The van der Waals surface area contributed by atoms with Gasteiger partial charge >= 0.3 is 23.9 Å². The summed E-state index contributed by atoms with van der Waals surface area (Å²) < 4.78 is 18.0. The van der Waals surface area contributed by atoms with Gasteiger partial charge in [-0.05, 0) is 13.8 Å². The van der Waals surface area contributed by atoms with Gasteiger partial charge in [0.2, 0.25) is 0 Å². The summed E-state index contributed by atoms with van der Waals surface area (Å²) in [6.07, 6.45) is -1.10. The van der Waals surface area contributed by atoms with E-state index in [1.165, 1.54) is 35.4 Å². The zero-order valence-corrected chi connectivity index (χ0v) is 16.8. The van der Waals surface area contributed by atoms with E-state index in [4.69, 9.17) is 20.7 Å². The van der Waals surface area contributed by atoms with Crippen LogP contribution in [0.2, 0.25) is 0 Å². The predicted octanol–water partition coefficient (Wildman–Crippen LogP) is 0.534. The van der Waals surface area contributed by atoms with Gasteiger partial charge in [0, 0.05) is 21.1 Å². The van der Waals surface area contributed by atoms with E-state index >= 15 is 0 Å². The molecular formula is C17H35NO10. The third-order valence-electron chi connectivity index (χ3n) is 3.32. The Hall–Kier alpha value is -2.24. The van der Waals surface area contributed by atoms with Crippen LogP contribution in [0.3, 0.4) is 0 Å². The largest absolute Gasteiger partial charge is 0.481 e. The summed E-state index contributed by atoms with van der Waals surface area (Å²) in [7, 11) is 5.40. The van der Waals surface area contributed by atoms with E-state index in [1.54, 1.807) is 13.8 Å². The molecule has 0 aliphatic rings. The van der Waals surface area contributed by atoms with Crippen LogP contribution in [0.1, 0.15) is 34.6 Å². The highest BCUT2D eigenvalue weighted by molar-refractivity contribution is 5.79. The molecule has 0 aromatic heterocycles. The molecular weight excluding hydrogens is 378 g/mol. The molecule has 0 bridgehead atoms. The van der Waals surface area contributed by atoms with Crippen molar-refractivity contribution in [3.8, 4) is 0 Å². The second-order valence-electron chi connectivity index (χ2n) is 5.17. The van der Waals surface area contributed by atoms with Crippen molar-refractivity contribution in [2.24, 2.45) is 11.7 Å². The summed E-state index contributed by atoms with van der Waals surface area (Å²) in [4.78, 5) is 41.2. The molecule has 0 saturated heterocycles. The molecule has 4 atom stereocenters. The number of carbonyl (C=O) groups is 4. The SMILES string of the molecule is C.COC(=O)C[C@H](C(=O)O)[C@H](C)OC.COC(C)=O.CO[C@@H](C)[C@H](N)C(=O)O. The second kappa shape index (κ2) is 19.5. The van der Waals surface area contributed by atoms with Crippen LogP contribution in [0.15, 0.2) is 0 Å². The monoisotopic (exact) mass is 413 g/mol. The van der Waals surface area contributed by atoms with Crippen LogP contribution >= 0.6 is 0 Å². The topological polar surface area (TPSA) is 172 Å². The maximum Gasteiger partial charge on any atom is 0.323 e. The molecule has 0 aromatic carbocycles. The minimum atomic E-state index is -1.06. The van der Waals surface area contributed by atoms with Gasteiger partial charge in [0.15, 0.2) is 0 Å². The van der Waals surface area contributed by atoms with E-state index in [9.17, 15) is 19.2 Å². The average Bonchev–Trinajstić information content (AvgIpc) is 2.64. The molecule has 4 N–H and O–H groups in total. The Morgan fingerprint density at radius 2 is 1.25 bits per heavy atom. The molecule has 11 nitrogen and oxygen atoms in total. The first-order chi connectivity index (χ1) is 12.4. The number of esters is 2. The molecule has 0 aliphatic heterocycles. The molecule has 0 unspecified atom stereocenters. The zero-order chi connectivity index (χ0) is 22.2. The van der Waals surface area contributed by atoms with Crippen molar-refractivity contribution in [2.75, 3.05) is 28.4 Å². The van der Waals surface area contributed by atoms with E-state index in [-0.39, 0.29) is 19.8 Å². The number of methoxy groups -OCH3 is 4. The van der Waals surface area contributed by atoms with Crippen molar-refractivity contribution >= 4 is 23.9 Å². The highest BCUT2D eigenvalue weighted by atomic mass is 16.5. The van der Waals surface area contributed by atoms with Crippen LogP contribution in [0, 0.1) is 5.92 Å². The summed E-state index contributed by atoms with van der Waals surface area (Å²) in [6, 6.07) is -0.921. The third-order valence-corrected chi connectivity index (χ3v) is 3.32. The van der Waals surface area contributed by atoms with Crippen LogP contribution < -0.4 is 5.73 Å². The van der Waals surface area contributed by atoms with Crippen molar-refractivity contribution in [2.45, 2.75) is 52.9 Å². The number of hydrogen-bond donors (Lipinski definition) is 3. The third kappa shape index (κ3) is 18.5. The van der Waals surface area contributed by atoms with E-state index in [0.717, 1.165) is 0 Å². The zero-order valence-electron chi connectivity index (χ0n) is 16.8. The average molecular weight is 413 g/mol. The maximum absolute atomic E-state index is 10.8. The Balaban J connectivity index is -0.000000167. The molecule has 0 fully saturated rings. The molecule has 0 saturated carbocycles. The van der Waals surface area contributed by atoms with E-state index in [2.05, 4.69) is 14.2 Å². The van der Waals surface area contributed by atoms with Gasteiger partial charge in [0.1, 0.15) is 6.04 Å². The predicted molar refractivity (Wildman–Crippen MR) is 101 cm³/mol. The van der Waals surface area contributed by atoms with E-state index < -0.39 is 42.1 Å². The van der Waals surface area contributed by atoms with Crippen molar-refractivity contribution in [3.05, 3.63) is 0 Å². The number of carboxylic acids is 2. The molecule has 0 amide bonds. The fraction of sp³-hybridized carbons (Fsp3) is 0.765. The molecule has 28 heavy (non-hydrogen) atoms. The smallest absolute Gasteiger partial charge is 0.323 e. The van der Waals surface area contributed by atoms with E-state index in [0.29, 0.717) is 0 Å². The van der Waals surface area contributed by atoms with Gasteiger partial charge in [-0.2, -0.15) is 0 Å². The molecule has 0 rings (SSSR count). The van der Waals surface area contributed by atoms with Gasteiger partial charge in [0.25, 0.3) is 0 Å². The van der Waals surface area contributed by atoms with Crippen LogP contribution in [-0.2, 0) is 38.1 Å². The number of carboxylic acid groups (broad SMARTS) is 2. The summed E-state index contributed by atoms with van der Waals surface area (Å²) >= 11 is 0. The van der Waals surface area contributed by atoms with Gasteiger partial charge in [-0.1, -0.05) is 7.43 Å². The lowest BCUT2D eigenvalue weighted by Crippen LogP contribution is -2.40. The quantitative estimate of drug-likeness (QED) is 0.474. The van der Waals surface area contributed by atoms with E-state index in [1.807, 2.05) is 0 Å². The van der Waals surface area contributed by atoms with Crippen molar-refractivity contribution in [1.29, 1.82) is 0 Å². The number of nitrogens with two attached hydrogens (primary N) is 1. The number of hydrogen-bond acceptors (Lipinski definition) is 9. The summed E-state index contributed by atoms with van der Waals surface area (Å²) in [5.74, 6) is -3.73. The molecule has 168 valence electrons. The maximum atomic E-state index is 10.8. The minimum absolute atomic E-state index is 0. The minimum Gasteiger partial charge on any atom is -0.481 e. The lowest BCUT2D eigenvalue weighted by Gasteiger charge is -2.17. The lowest BCUT2D eigenvalue weighted by molar-refractivity contribution is -0.154. The normalized spacial score (nSPS) is 13.4. The number of rotatable bonds is 8. The Morgan fingerprint density at radius 3 is 1.43 bits per heavy atom. The molecule has 0 radical (unpaired) electrons. The molecule has 0 heterocycles. The van der Waals surface area contributed by atoms with Crippen LogP contribution in [0.25, 0.3) is 0 Å². The first kappa shape index (κ1) is 33.4. The Bertz CT molecular complexity index is 455. The first-order valence-corrected chi connectivity index (χ1v) is 7.77. The van der Waals surface area contributed by atoms with Crippen molar-refractivity contribution < 1.29 is 48.3 Å². The first-order valence-electron chi connectivity index (χ1n) is 7.77. The number of aliphatic carboxylic acids is 2. The van der Waals surface area contributed by atoms with Gasteiger partial charge < -0.3 is 34.9 Å². The molecule has 11 heteroatoms. The number of carbonyl (C=O) groups excluding carboxylic acids is 2. The Morgan fingerprint density at radius 1 is 0.857 bits per heavy atom. The Kier molecular flexibility index (Phi) is 23.3. The van der Waals surface area contributed by atoms with Gasteiger partial charge in [0.05, 0.1) is 38.8 Å². The van der Waals surface area contributed by atoms with Crippen molar-refractivity contribution in [1.82, 2.24) is 0 Å². The summed E-state index contributed by atoms with van der Waals surface area (Å²) in [6.45, 7) is 4.57. The van der Waals surface area contributed by atoms with Crippen LogP contribution in [0.5, 0.6) is 0 Å². The second-order valence-corrected chi connectivity index (χ2v) is 5.17. The standard InChI is InChI=1S/C8H14O5.C5H11NO3.C3H6O2.CH4/c1-5(12-2)6(8(10)11)4-7(9)13-3;1-3(9-2)4(6)5(7)8;1-3(4)5-2;/h5-6H,4H2,1-3H3,(H,10,11);3-4H,6H2,1-2H3,(H,7,8);1-2H3;1H4/t5-,6-;3-,4-;;/m00../s1. The Labute approximate surface area is 166 Å². The fourth-order valence-corrected chi connectivity index (χ4v) is 1.23. The van der Waals surface area contributed by atoms with Crippen LogP contribution in [-0.4, -0.2) is 80.8 Å². The summed E-state index contributed by atoms with van der Waals surface area (Å²) in [5.41, 5.74) is 5.15. The fourth-order valence-electron chi connectivity index (χ4n) is 1.23. The molecule has 0 spiro atoms. The van der Waals surface area contributed by atoms with Gasteiger partial charge in [-0.3, -0.25) is 19.2 Å². The lowest BCUT2D eigenvalue weighted by atomic mass is 10.0. The van der Waals surface area contributed by atoms with Gasteiger partial charge in [-0.25, -0.2) is 0 Å². The molecule has 0 aliphatic carbocycles. The summed E-state index contributed by atoms with van der Waals surface area (Å²) in [5, 5.41) is 17.0.